The molecule has 0 aliphatic heterocycles. The minimum atomic E-state index is 0.518. The van der Waals surface area contributed by atoms with Gasteiger partial charge in [0, 0.05) is 6.54 Å². The topological polar surface area (TPSA) is 105 Å². The maximum Gasteiger partial charge on any atom is 0.119 e. The number of benzene rings is 1. The molecule has 12 nitrogen and oxygen atoms in total. The average Bonchev–Trinajstić information content (AvgIpc) is 3.13. The van der Waals surface area contributed by atoms with E-state index in [9.17, 15) is 0 Å². The van der Waals surface area contributed by atoms with Crippen molar-refractivity contribution in [2.24, 2.45) is 0 Å². The van der Waals surface area contributed by atoms with Crippen LogP contribution in [0.2, 0.25) is 0 Å². The number of aryl methyl sites for hydroxylation is 1. The van der Waals surface area contributed by atoms with Gasteiger partial charge in [0.2, 0.25) is 0 Å². The number of hydrogen-bond donors (Lipinski definition) is 0. The second-order valence-electron chi connectivity index (χ2n) is 12.3. The Morgan fingerprint density at radius 2 is 0.686 bits per heavy atom. The standard InChI is InChI=1S/C39H73NO11/c1-4-5-6-7-8-9-10-11-38-12-14-39(15-13-38)51-37-36-50-35-34-49-33-32-48-31-30-47-29-28-46-27-26-45-25-24-44-23-22-43-21-20-42-19-18-41-17-16-40(2)3/h12-15H,4-11,16-37H2,1-3H3. The highest BCUT2D eigenvalue weighted by Gasteiger charge is 1.99. The van der Waals surface area contributed by atoms with Gasteiger partial charge in [0.05, 0.1) is 132 Å². The van der Waals surface area contributed by atoms with E-state index in [1.807, 2.05) is 14.1 Å². The van der Waals surface area contributed by atoms with Crippen molar-refractivity contribution in [3.63, 3.8) is 0 Å². The van der Waals surface area contributed by atoms with Crippen LogP contribution in [-0.2, 0) is 53.8 Å². The van der Waals surface area contributed by atoms with Crippen LogP contribution in [0.3, 0.4) is 0 Å². The Hall–Kier alpha value is -1.42. The summed E-state index contributed by atoms with van der Waals surface area (Å²) in [6, 6.07) is 8.46. The zero-order valence-corrected chi connectivity index (χ0v) is 32.5. The Kier molecular flexibility index (Phi) is 37.1. The largest absolute Gasteiger partial charge is 0.491 e. The van der Waals surface area contributed by atoms with Crippen molar-refractivity contribution in [3.8, 4) is 5.75 Å². The molecule has 0 heterocycles. The maximum absolute atomic E-state index is 5.79. The van der Waals surface area contributed by atoms with Crippen LogP contribution in [0.5, 0.6) is 5.75 Å². The van der Waals surface area contributed by atoms with E-state index in [0.717, 1.165) is 25.3 Å². The summed E-state index contributed by atoms with van der Waals surface area (Å²) in [5.74, 6) is 0.888. The van der Waals surface area contributed by atoms with Crippen molar-refractivity contribution < 1.29 is 52.1 Å². The molecule has 0 saturated heterocycles. The number of ether oxygens (including phenoxy) is 11. The molecule has 0 aliphatic carbocycles. The lowest BCUT2D eigenvalue weighted by Gasteiger charge is -2.10. The summed E-state index contributed by atoms with van der Waals surface area (Å²) < 4.78 is 60.9. The van der Waals surface area contributed by atoms with E-state index < -0.39 is 0 Å². The quantitative estimate of drug-likeness (QED) is 0.0838. The fourth-order valence-electron chi connectivity index (χ4n) is 4.59. The van der Waals surface area contributed by atoms with Gasteiger partial charge in [-0.25, -0.2) is 0 Å². The van der Waals surface area contributed by atoms with Gasteiger partial charge in [-0.1, -0.05) is 57.6 Å². The second kappa shape index (κ2) is 39.8. The van der Waals surface area contributed by atoms with Gasteiger partial charge in [0.1, 0.15) is 12.4 Å². The lowest BCUT2D eigenvalue weighted by molar-refractivity contribution is -0.0268. The second-order valence-corrected chi connectivity index (χ2v) is 12.3. The highest BCUT2D eigenvalue weighted by Crippen LogP contribution is 2.15. The molecule has 12 heteroatoms. The third-order valence-electron chi connectivity index (χ3n) is 7.52. The summed E-state index contributed by atoms with van der Waals surface area (Å²) >= 11 is 0. The molecule has 0 atom stereocenters. The van der Waals surface area contributed by atoms with Crippen LogP contribution < -0.4 is 4.74 Å². The van der Waals surface area contributed by atoms with Crippen molar-refractivity contribution in [3.05, 3.63) is 29.8 Å². The predicted octanol–water partition coefficient (Wildman–Crippen LogP) is 5.09. The number of likely N-dealkylation sites (N-methyl/N-ethyl adjacent to an activating group) is 1. The normalized spacial score (nSPS) is 11.6. The molecule has 0 saturated carbocycles. The molecule has 300 valence electrons. The molecular weight excluding hydrogens is 658 g/mol. The smallest absolute Gasteiger partial charge is 0.119 e. The van der Waals surface area contributed by atoms with E-state index in [1.165, 1.54) is 50.5 Å². The van der Waals surface area contributed by atoms with Crippen molar-refractivity contribution in [2.75, 3.05) is 159 Å². The van der Waals surface area contributed by atoms with Gasteiger partial charge in [-0.3, -0.25) is 0 Å². The van der Waals surface area contributed by atoms with E-state index >= 15 is 0 Å². The SMILES string of the molecule is CCCCCCCCCc1ccc(OCCOCCOCCOCCOCCOCCOCCOCCOCCOCCOCCN(C)C)cc1. The van der Waals surface area contributed by atoms with Crippen molar-refractivity contribution >= 4 is 0 Å². The molecule has 0 radical (unpaired) electrons. The van der Waals surface area contributed by atoms with Crippen molar-refractivity contribution in [1.82, 2.24) is 4.90 Å². The average molecular weight is 732 g/mol. The Morgan fingerprint density at radius 1 is 0.373 bits per heavy atom. The summed E-state index contributed by atoms with van der Waals surface area (Å²) in [6.45, 7) is 14.6. The zero-order chi connectivity index (χ0) is 36.6. The molecule has 0 bridgehead atoms. The van der Waals surface area contributed by atoms with Crippen LogP contribution in [0.4, 0.5) is 0 Å². The van der Waals surface area contributed by atoms with Gasteiger partial charge in [0.15, 0.2) is 0 Å². The molecule has 1 aromatic rings. The van der Waals surface area contributed by atoms with E-state index in [4.69, 9.17) is 52.1 Å². The third-order valence-corrected chi connectivity index (χ3v) is 7.52. The molecular formula is C39H73NO11. The summed E-state index contributed by atoms with van der Waals surface area (Å²) in [7, 11) is 4.05. The molecule has 0 N–H and O–H groups in total. The van der Waals surface area contributed by atoms with Crippen LogP contribution in [0.15, 0.2) is 24.3 Å². The Bertz CT molecular complexity index is 804. The summed E-state index contributed by atoms with van der Waals surface area (Å²) in [6.07, 6.45) is 10.5. The van der Waals surface area contributed by atoms with Crippen molar-refractivity contribution in [2.45, 2.75) is 58.3 Å². The lowest BCUT2D eigenvalue weighted by Crippen LogP contribution is -2.19. The fourth-order valence-corrected chi connectivity index (χ4v) is 4.59. The van der Waals surface area contributed by atoms with Gasteiger partial charge in [0.25, 0.3) is 0 Å². The number of rotatable bonds is 42. The van der Waals surface area contributed by atoms with E-state index in [2.05, 4.69) is 36.1 Å². The fraction of sp³-hybridized carbons (Fsp3) is 0.846. The molecule has 0 fully saturated rings. The first kappa shape index (κ1) is 47.6. The molecule has 0 amide bonds. The highest BCUT2D eigenvalue weighted by atomic mass is 16.6. The number of hydrogen-bond acceptors (Lipinski definition) is 12. The van der Waals surface area contributed by atoms with Crippen LogP contribution in [0, 0.1) is 0 Å². The van der Waals surface area contributed by atoms with E-state index in [0.29, 0.717) is 132 Å². The monoisotopic (exact) mass is 732 g/mol. The Morgan fingerprint density at radius 3 is 1.04 bits per heavy atom. The van der Waals surface area contributed by atoms with Gasteiger partial charge in [-0.2, -0.15) is 0 Å². The van der Waals surface area contributed by atoms with Gasteiger partial charge < -0.3 is 57.0 Å². The van der Waals surface area contributed by atoms with E-state index in [1.54, 1.807) is 0 Å². The Balaban J connectivity index is 1.69. The maximum atomic E-state index is 5.79. The first-order valence-corrected chi connectivity index (χ1v) is 19.4. The van der Waals surface area contributed by atoms with Crippen LogP contribution in [0.1, 0.15) is 57.4 Å². The first-order valence-electron chi connectivity index (χ1n) is 19.4. The summed E-state index contributed by atoms with van der Waals surface area (Å²) in [4.78, 5) is 2.09. The van der Waals surface area contributed by atoms with Crippen LogP contribution in [0.25, 0.3) is 0 Å². The van der Waals surface area contributed by atoms with Gasteiger partial charge in [-0.15, -0.1) is 0 Å². The minimum absolute atomic E-state index is 0.518. The van der Waals surface area contributed by atoms with Crippen LogP contribution in [-0.4, -0.2) is 164 Å². The summed E-state index contributed by atoms with van der Waals surface area (Å²) in [5.41, 5.74) is 1.38. The first-order chi connectivity index (χ1) is 25.2. The molecule has 0 aromatic heterocycles. The molecule has 0 spiro atoms. The highest BCUT2D eigenvalue weighted by molar-refractivity contribution is 5.27. The van der Waals surface area contributed by atoms with E-state index in [-0.39, 0.29) is 0 Å². The molecule has 0 unspecified atom stereocenters. The molecule has 1 aromatic carbocycles. The molecule has 0 aliphatic rings. The molecule has 51 heavy (non-hydrogen) atoms. The minimum Gasteiger partial charge on any atom is -0.491 e. The van der Waals surface area contributed by atoms with Crippen LogP contribution >= 0.6 is 0 Å². The summed E-state index contributed by atoms with van der Waals surface area (Å²) in [5, 5.41) is 0. The Labute approximate surface area is 309 Å². The van der Waals surface area contributed by atoms with Gasteiger partial charge in [-0.05, 0) is 44.6 Å². The zero-order valence-electron chi connectivity index (χ0n) is 32.5. The predicted molar refractivity (Wildman–Crippen MR) is 200 cm³/mol. The van der Waals surface area contributed by atoms with Crippen molar-refractivity contribution in [1.29, 1.82) is 0 Å². The third kappa shape index (κ3) is 36.7. The van der Waals surface area contributed by atoms with Gasteiger partial charge >= 0.3 is 0 Å². The number of nitrogens with zero attached hydrogens (tertiary/aromatic N) is 1. The molecule has 1 rings (SSSR count). The lowest BCUT2D eigenvalue weighted by atomic mass is 10.0. The number of unbranched alkanes of at least 4 members (excludes halogenated alkanes) is 6.